The van der Waals surface area contributed by atoms with Crippen LogP contribution in [0.3, 0.4) is 0 Å². The molecule has 122 valence electrons. The topological polar surface area (TPSA) is 41.6 Å². The van der Waals surface area contributed by atoms with Crippen LogP contribution in [0.2, 0.25) is 0 Å². The Bertz CT molecular complexity index is 502. The van der Waals surface area contributed by atoms with Gasteiger partial charge in [-0.25, -0.2) is 4.79 Å². The number of aryl methyl sites for hydroxylation is 2. The fourth-order valence-corrected chi connectivity index (χ4v) is 2.92. The Morgan fingerprint density at radius 2 is 2.14 bits per heavy atom. The van der Waals surface area contributed by atoms with Crippen molar-refractivity contribution in [2.24, 2.45) is 0 Å². The molecule has 1 fully saturated rings. The predicted octanol–water partition coefficient (Wildman–Crippen LogP) is 3.66. The molecule has 1 heterocycles. The molecule has 4 nitrogen and oxygen atoms in total. The second kappa shape index (κ2) is 8.06. The van der Waals surface area contributed by atoms with Crippen molar-refractivity contribution in [3.8, 4) is 5.75 Å². The van der Waals surface area contributed by atoms with Gasteiger partial charge in [-0.05, 0) is 62.8 Å². The number of piperidine rings is 1. The summed E-state index contributed by atoms with van der Waals surface area (Å²) < 4.78 is 5.70. The van der Waals surface area contributed by atoms with Gasteiger partial charge in [-0.15, -0.1) is 0 Å². The number of nitrogens with one attached hydrogen (secondary N) is 1. The minimum atomic E-state index is 0.0511. The lowest BCUT2D eigenvalue weighted by Crippen LogP contribution is -2.49. The van der Waals surface area contributed by atoms with Crippen molar-refractivity contribution in [3.05, 3.63) is 29.3 Å². The highest BCUT2D eigenvalue weighted by Gasteiger charge is 2.24. The third-order valence-corrected chi connectivity index (χ3v) is 4.48. The second-order valence-corrected chi connectivity index (χ2v) is 6.08. The Kier molecular flexibility index (Phi) is 6.10. The minimum absolute atomic E-state index is 0.0511. The van der Waals surface area contributed by atoms with Gasteiger partial charge >= 0.3 is 6.03 Å². The first-order valence-corrected chi connectivity index (χ1v) is 8.36. The zero-order chi connectivity index (χ0) is 15.9. The van der Waals surface area contributed by atoms with E-state index in [-0.39, 0.29) is 6.03 Å². The third-order valence-electron chi connectivity index (χ3n) is 4.48. The van der Waals surface area contributed by atoms with E-state index in [1.54, 1.807) is 0 Å². The Labute approximate surface area is 133 Å². The maximum atomic E-state index is 12.2. The van der Waals surface area contributed by atoms with Gasteiger partial charge in [0.05, 0.1) is 6.54 Å². The number of carbonyl (C=O) groups is 1. The predicted molar refractivity (Wildman–Crippen MR) is 89.4 cm³/mol. The Hall–Kier alpha value is -1.71. The van der Waals surface area contributed by atoms with Gasteiger partial charge in [0.1, 0.15) is 12.4 Å². The molecule has 4 heteroatoms. The summed E-state index contributed by atoms with van der Waals surface area (Å²) in [6, 6.07) is 6.52. The lowest BCUT2D eigenvalue weighted by atomic mass is 10.0. The number of amides is 2. The minimum Gasteiger partial charge on any atom is -0.492 e. The summed E-state index contributed by atoms with van der Waals surface area (Å²) in [6.07, 6.45) is 4.51. The van der Waals surface area contributed by atoms with Crippen LogP contribution < -0.4 is 10.1 Å². The Morgan fingerprint density at radius 1 is 1.32 bits per heavy atom. The SMILES string of the molecule is CCC1CCCCN1C(=O)NCCOc1ccc(C)c(C)c1. The number of benzene rings is 1. The van der Waals surface area contributed by atoms with Crippen LogP contribution in [-0.2, 0) is 0 Å². The number of urea groups is 1. The van der Waals surface area contributed by atoms with E-state index in [1.165, 1.54) is 17.5 Å². The molecule has 1 atom stereocenters. The molecule has 2 amide bonds. The maximum Gasteiger partial charge on any atom is 0.317 e. The summed E-state index contributed by atoms with van der Waals surface area (Å²) in [7, 11) is 0. The second-order valence-electron chi connectivity index (χ2n) is 6.08. The molecule has 0 saturated carbocycles. The van der Waals surface area contributed by atoms with Crippen molar-refractivity contribution < 1.29 is 9.53 Å². The van der Waals surface area contributed by atoms with Crippen LogP contribution in [0, 0.1) is 13.8 Å². The molecule has 1 N–H and O–H groups in total. The molecule has 1 unspecified atom stereocenters. The summed E-state index contributed by atoms with van der Waals surface area (Å²) in [5.74, 6) is 0.863. The van der Waals surface area contributed by atoms with Crippen molar-refractivity contribution in [1.29, 1.82) is 0 Å². The first kappa shape index (κ1) is 16.7. The fraction of sp³-hybridized carbons (Fsp3) is 0.611. The van der Waals surface area contributed by atoms with Crippen LogP contribution in [-0.4, -0.2) is 36.7 Å². The van der Waals surface area contributed by atoms with Crippen LogP contribution >= 0.6 is 0 Å². The molecule has 0 aromatic heterocycles. The smallest absolute Gasteiger partial charge is 0.317 e. The average Bonchev–Trinajstić information content (AvgIpc) is 2.54. The molecule has 0 bridgehead atoms. The van der Waals surface area contributed by atoms with Crippen LogP contribution in [0.4, 0.5) is 4.79 Å². The summed E-state index contributed by atoms with van der Waals surface area (Å²) >= 11 is 0. The van der Waals surface area contributed by atoms with Gasteiger partial charge in [-0.3, -0.25) is 0 Å². The van der Waals surface area contributed by atoms with Crippen molar-refractivity contribution in [2.75, 3.05) is 19.7 Å². The molecule has 22 heavy (non-hydrogen) atoms. The van der Waals surface area contributed by atoms with Gasteiger partial charge < -0.3 is 15.0 Å². The van der Waals surface area contributed by atoms with Crippen molar-refractivity contribution >= 4 is 6.03 Å². The number of ether oxygens (including phenoxy) is 1. The highest BCUT2D eigenvalue weighted by molar-refractivity contribution is 5.74. The van der Waals surface area contributed by atoms with E-state index in [4.69, 9.17) is 4.74 Å². The number of carbonyl (C=O) groups excluding carboxylic acids is 1. The standard InChI is InChI=1S/C18H28N2O2/c1-4-16-7-5-6-11-20(16)18(21)19-10-12-22-17-9-8-14(2)15(3)13-17/h8-9,13,16H,4-7,10-12H2,1-3H3,(H,19,21). The van der Waals surface area contributed by atoms with E-state index in [9.17, 15) is 4.79 Å². The van der Waals surface area contributed by atoms with Crippen LogP contribution in [0.1, 0.15) is 43.7 Å². The number of rotatable bonds is 5. The first-order chi connectivity index (χ1) is 10.6. The lowest BCUT2D eigenvalue weighted by Gasteiger charge is -2.35. The van der Waals surface area contributed by atoms with Crippen LogP contribution in [0.5, 0.6) is 5.75 Å². The normalized spacial score (nSPS) is 18.1. The Morgan fingerprint density at radius 3 is 2.86 bits per heavy atom. The summed E-state index contributed by atoms with van der Waals surface area (Å²) in [5, 5.41) is 2.97. The molecule has 1 aliphatic heterocycles. The summed E-state index contributed by atoms with van der Waals surface area (Å²) in [4.78, 5) is 14.2. The fourth-order valence-electron chi connectivity index (χ4n) is 2.92. The van der Waals surface area contributed by atoms with Crippen LogP contribution in [0.25, 0.3) is 0 Å². The van der Waals surface area contributed by atoms with Gasteiger partial charge in [0.25, 0.3) is 0 Å². The highest BCUT2D eigenvalue weighted by Crippen LogP contribution is 2.19. The molecule has 0 spiro atoms. The van der Waals surface area contributed by atoms with Crippen molar-refractivity contribution in [1.82, 2.24) is 10.2 Å². The van der Waals surface area contributed by atoms with Crippen molar-refractivity contribution in [2.45, 2.75) is 52.5 Å². The largest absolute Gasteiger partial charge is 0.492 e. The molecule has 1 aromatic carbocycles. The van der Waals surface area contributed by atoms with Crippen LogP contribution in [0.15, 0.2) is 18.2 Å². The zero-order valence-corrected chi connectivity index (χ0v) is 14.0. The zero-order valence-electron chi connectivity index (χ0n) is 14.0. The molecular formula is C18H28N2O2. The van der Waals surface area contributed by atoms with Gasteiger partial charge in [0.2, 0.25) is 0 Å². The van der Waals surface area contributed by atoms with Gasteiger partial charge in [-0.1, -0.05) is 13.0 Å². The van der Waals surface area contributed by atoms with E-state index in [0.29, 0.717) is 19.2 Å². The maximum absolute atomic E-state index is 12.2. The van der Waals surface area contributed by atoms with Gasteiger partial charge in [0, 0.05) is 12.6 Å². The number of hydrogen-bond acceptors (Lipinski definition) is 2. The molecule has 1 aromatic rings. The number of nitrogens with zero attached hydrogens (tertiary/aromatic N) is 1. The van der Waals surface area contributed by atoms with E-state index in [1.807, 2.05) is 17.0 Å². The average molecular weight is 304 g/mol. The molecular weight excluding hydrogens is 276 g/mol. The third kappa shape index (κ3) is 4.39. The summed E-state index contributed by atoms with van der Waals surface area (Å²) in [6.45, 7) is 8.23. The lowest BCUT2D eigenvalue weighted by molar-refractivity contribution is 0.147. The molecule has 1 aliphatic rings. The monoisotopic (exact) mass is 304 g/mol. The quantitative estimate of drug-likeness (QED) is 0.844. The van der Waals surface area contributed by atoms with Crippen molar-refractivity contribution in [3.63, 3.8) is 0 Å². The first-order valence-electron chi connectivity index (χ1n) is 8.36. The van der Waals surface area contributed by atoms with Gasteiger partial charge in [-0.2, -0.15) is 0 Å². The molecule has 0 aliphatic carbocycles. The van der Waals surface area contributed by atoms with Gasteiger partial charge in [0.15, 0.2) is 0 Å². The molecule has 2 rings (SSSR count). The van der Waals surface area contributed by atoms with E-state index < -0.39 is 0 Å². The number of likely N-dealkylation sites (tertiary alicyclic amines) is 1. The van der Waals surface area contributed by atoms with E-state index >= 15 is 0 Å². The highest BCUT2D eigenvalue weighted by atomic mass is 16.5. The molecule has 1 saturated heterocycles. The Balaban J connectivity index is 1.73. The van der Waals surface area contributed by atoms with E-state index in [2.05, 4.69) is 32.2 Å². The van der Waals surface area contributed by atoms with E-state index in [0.717, 1.165) is 31.6 Å². The molecule has 0 radical (unpaired) electrons. The number of hydrogen-bond donors (Lipinski definition) is 1. The summed E-state index contributed by atoms with van der Waals surface area (Å²) in [5.41, 5.74) is 2.48.